The topological polar surface area (TPSA) is 58.6 Å². The number of oxime groups is 1. The van der Waals surface area contributed by atoms with Crippen molar-refractivity contribution in [1.29, 1.82) is 0 Å². The van der Waals surface area contributed by atoms with Crippen LogP contribution in [0.5, 0.6) is 0 Å². The monoisotopic (exact) mass is 274 g/mol. The molecular formula is C9H11BrN2OS. The van der Waals surface area contributed by atoms with Gasteiger partial charge in [0.2, 0.25) is 0 Å². The summed E-state index contributed by atoms with van der Waals surface area (Å²) in [6, 6.07) is 3.89. The fraction of sp³-hybridized carbons (Fsp3) is 0.222. The molecule has 3 N–H and O–H groups in total. The molecule has 0 aliphatic rings. The highest BCUT2D eigenvalue weighted by atomic mass is 79.9. The zero-order chi connectivity index (χ0) is 10.7. The van der Waals surface area contributed by atoms with Gasteiger partial charge in [-0.05, 0) is 30.9 Å². The summed E-state index contributed by atoms with van der Waals surface area (Å²) in [7, 11) is 0. The molecule has 0 bridgehead atoms. The average Bonchev–Trinajstić information content (AvgIpc) is 2.20. The maximum absolute atomic E-state index is 8.66. The highest BCUT2D eigenvalue weighted by Gasteiger charge is 2.11. The molecule has 1 aromatic rings. The largest absolute Gasteiger partial charge is 0.409 e. The second-order valence-electron chi connectivity index (χ2n) is 2.73. The lowest BCUT2D eigenvalue weighted by molar-refractivity contribution is 0.318. The van der Waals surface area contributed by atoms with Crippen LogP contribution in [0.15, 0.2) is 26.7 Å². The number of halogens is 1. The van der Waals surface area contributed by atoms with Gasteiger partial charge in [0.1, 0.15) is 0 Å². The van der Waals surface area contributed by atoms with E-state index >= 15 is 0 Å². The van der Waals surface area contributed by atoms with Crippen LogP contribution in [0.1, 0.15) is 11.1 Å². The second kappa shape index (κ2) is 4.70. The fourth-order valence-electron chi connectivity index (χ4n) is 1.20. The highest BCUT2D eigenvalue weighted by Crippen LogP contribution is 2.28. The third-order valence-corrected chi connectivity index (χ3v) is 3.58. The molecule has 0 aliphatic carbocycles. The van der Waals surface area contributed by atoms with Crippen LogP contribution in [0, 0.1) is 6.92 Å². The van der Waals surface area contributed by atoms with Crippen LogP contribution in [0.2, 0.25) is 0 Å². The summed E-state index contributed by atoms with van der Waals surface area (Å²) < 4.78 is 0.955. The van der Waals surface area contributed by atoms with E-state index in [1.807, 2.05) is 25.3 Å². The van der Waals surface area contributed by atoms with Gasteiger partial charge in [-0.3, -0.25) is 0 Å². The van der Waals surface area contributed by atoms with Crippen molar-refractivity contribution < 1.29 is 5.21 Å². The fourth-order valence-corrected chi connectivity index (χ4v) is 2.20. The van der Waals surface area contributed by atoms with Crippen molar-refractivity contribution in [3.05, 3.63) is 27.7 Å². The molecule has 0 saturated heterocycles. The summed E-state index contributed by atoms with van der Waals surface area (Å²) >= 11 is 4.97. The molecule has 0 aromatic heterocycles. The van der Waals surface area contributed by atoms with Crippen molar-refractivity contribution in [2.24, 2.45) is 10.9 Å². The minimum atomic E-state index is 0.146. The molecule has 0 heterocycles. The Morgan fingerprint density at radius 1 is 1.57 bits per heavy atom. The first kappa shape index (κ1) is 11.4. The van der Waals surface area contributed by atoms with E-state index in [1.165, 1.54) is 0 Å². The highest BCUT2D eigenvalue weighted by molar-refractivity contribution is 9.10. The van der Waals surface area contributed by atoms with E-state index in [0.717, 1.165) is 20.5 Å². The van der Waals surface area contributed by atoms with Crippen LogP contribution in [0.3, 0.4) is 0 Å². The molecule has 0 unspecified atom stereocenters. The summed E-state index contributed by atoms with van der Waals surface area (Å²) in [5.74, 6) is 0.146. The molecule has 0 fully saturated rings. The number of hydrogen-bond acceptors (Lipinski definition) is 3. The smallest absolute Gasteiger partial charge is 0.171 e. The summed E-state index contributed by atoms with van der Waals surface area (Å²) in [4.78, 5) is 1.00. The minimum Gasteiger partial charge on any atom is -0.409 e. The lowest BCUT2D eigenvalue weighted by Crippen LogP contribution is -2.16. The Morgan fingerprint density at radius 2 is 2.21 bits per heavy atom. The lowest BCUT2D eigenvalue weighted by atomic mass is 10.1. The molecule has 0 radical (unpaired) electrons. The predicted molar refractivity (Wildman–Crippen MR) is 63.2 cm³/mol. The van der Waals surface area contributed by atoms with Gasteiger partial charge >= 0.3 is 0 Å². The van der Waals surface area contributed by atoms with Gasteiger partial charge in [-0.2, -0.15) is 0 Å². The number of nitrogens with two attached hydrogens (primary N) is 1. The molecule has 0 atom stereocenters. The Balaban J connectivity index is 3.43. The predicted octanol–water partition coefficient (Wildman–Crippen LogP) is 2.57. The number of nitrogens with zero attached hydrogens (tertiary/aromatic N) is 1. The number of amidine groups is 1. The van der Waals surface area contributed by atoms with Crippen molar-refractivity contribution in [3.63, 3.8) is 0 Å². The van der Waals surface area contributed by atoms with Crippen LogP contribution in [-0.4, -0.2) is 17.3 Å². The van der Waals surface area contributed by atoms with Gasteiger partial charge in [-0.25, -0.2) is 0 Å². The van der Waals surface area contributed by atoms with Gasteiger partial charge in [-0.15, -0.1) is 11.8 Å². The Bertz CT molecular complexity index is 379. The zero-order valence-electron chi connectivity index (χ0n) is 7.91. The van der Waals surface area contributed by atoms with Gasteiger partial charge < -0.3 is 10.9 Å². The first-order valence-corrected chi connectivity index (χ1v) is 5.94. The Hall–Kier alpha value is -0.680. The second-order valence-corrected chi connectivity index (χ2v) is 4.44. The van der Waals surface area contributed by atoms with Gasteiger partial charge in [0.05, 0.1) is 0 Å². The summed E-state index contributed by atoms with van der Waals surface area (Å²) in [5.41, 5.74) is 7.37. The van der Waals surface area contributed by atoms with Crippen molar-refractivity contribution in [2.75, 3.05) is 6.26 Å². The number of rotatable bonds is 2. The van der Waals surface area contributed by atoms with Crippen molar-refractivity contribution >= 4 is 33.5 Å². The van der Waals surface area contributed by atoms with E-state index in [2.05, 4.69) is 21.1 Å². The molecule has 5 heteroatoms. The number of benzene rings is 1. The summed E-state index contributed by atoms with van der Waals surface area (Å²) in [6.07, 6.45) is 1.96. The molecule has 0 spiro atoms. The van der Waals surface area contributed by atoms with E-state index in [4.69, 9.17) is 10.9 Å². The summed E-state index contributed by atoms with van der Waals surface area (Å²) in [6.45, 7) is 1.93. The SMILES string of the molecule is CSc1ccc(Br)c(C)c1C(N)=NO. The molecule has 0 aliphatic heterocycles. The van der Waals surface area contributed by atoms with Crippen molar-refractivity contribution in [3.8, 4) is 0 Å². The maximum Gasteiger partial charge on any atom is 0.171 e. The third-order valence-electron chi connectivity index (χ3n) is 1.94. The molecule has 0 saturated carbocycles. The Kier molecular flexibility index (Phi) is 3.83. The van der Waals surface area contributed by atoms with Gasteiger partial charge in [0.25, 0.3) is 0 Å². The van der Waals surface area contributed by atoms with Crippen molar-refractivity contribution in [2.45, 2.75) is 11.8 Å². The minimum absolute atomic E-state index is 0.146. The lowest BCUT2D eigenvalue weighted by Gasteiger charge is -2.10. The van der Waals surface area contributed by atoms with E-state index in [1.54, 1.807) is 11.8 Å². The first-order valence-electron chi connectivity index (χ1n) is 3.92. The van der Waals surface area contributed by atoms with Gasteiger partial charge in [-0.1, -0.05) is 21.1 Å². The van der Waals surface area contributed by atoms with E-state index in [9.17, 15) is 0 Å². The number of hydrogen-bond donors (Lipinski definition) is 2. The van der Waals surface area contributed by atoms with Gasteiger partial charge in [0.15, 0.2) is 5.84 Å². The summed E-state index contributed by atoms with van der Waals surface area (Å²) in [5, 5.41) is 11.7. The van der Waals surface area contributed by atoms with Crippen LogP contribution < -0.4 is 5.73 Å². The maximum atomic E-state index is 8.66. The van der Waals surface area contributed by atoms with E-state index in [0.29, 0.717) is 0 Å². The molecular weight excluding hydrogens is 264 g/mol. The van der Waals surface area contributed by atoms with E-state index < -0.39 is 0 Å². The van der Waals surface area contributed by atoms with Gasteiger partial charge in [0, 0.05) is 14.9 Å². The molecule has 14 heavy (non-hydrogen) atoms. The quantitative estimate of drug-likeness (QED) is 0.287. The normalized spacial score (nSPS) is 11.8. The number of thioether (sulfide) groups is 1. The Labute approximate surface area is 95.5 Å². The van der Waals surface area contributed by atoms with Crippen LogP contribution in [-0.2, 0) is 0 Å². The third kappa shape index (κ3) is 2.04. The molecule has 0 amide bonds. The van der Waals surface area contributed by atoms with Crippen LogP contribution in [0.25, 0.3) is 0 Å². The molecule has 3 nitrogen and oxygen atoms in total. The van der Waals surface area contributed by atoms with Crippen molar-refractivity contribution in [1.82, 2.24) is 0 Å². The average molecular weight is 275 g/mol. The van der Waals surface area contributed by atoms with E-state index in [-0.39, 0.29) is 5.84 Å². The molecule has 76 valence electrons. The Morgan fingerprint density at radius 3 is 2.71 bits per heavy atom. The first-order chi connectivity index (χ1) is 6.61. The van der Waals surface area contributed by atoms with Crippen LogP contribution >= 0.6 is 27.7 Å². The van der Waals surface area contributed by atoms with Crippen LogP contribution in [0.4, 0.5) is 0 Å². The molecule has 1 rings (SSSR count). The zero-order valence-corrected chi connectivity index (χ0v) is 10.3. The molecule has 1 aromatic carbocycles. The standard InChI is InChI=1S/C9H11BrN2OS/c1-5-6(10)3-4-7(14-2)8(5)9(11)12-13/h3-4,13H,1-2H3,(H2,11,12).